The molecule has 29 heavy (non-hydrogen) atoms. The molecule has 0 fully saturated rings. The van der Waals surface area contributed by atoms with Crippen molar-refractivity contribution >= 4 is 23.4 Å². The topological polar surface area (TPSA) is 49.4 Å². The zero-order valence-electron chi connectivity index (χ0n) is 18.0. The molecule has 0 aliphatic rings. The smallest absolute Gasteiger partial charge is 0.243 e. The summed E-state index contributed by atoms with van der Waals surface area (Å²) in [4.78, 5) is 27.9. The molecule has 5 heteroatoms. The van der Waals surface area contributed by atoms with Crippen molar-refractivity contribution in [3.8, 4) is 0 Å². The zero-order chi connectivity index (χ0) is 21.6. The average molecular weight is 415 g/mol. The fraction of sp³-hybridized carbons (Fsp3) is 0.417. The highest BCUT2D eigenvalue weighted by atomic mass is 35.5. The molecule has 2 amide bonds. The SMILES string of the molecule is CCC(C(=O)NC(C)(C)C)N(Cc1ccc(C)cc1)C(=O)Cc1ccc(Cl)cc1. The second kappa shape index (κ2) is 9.93. The maximum absolute atomic E-state index is 13.3. The van der Waals surface area contributed by atoms with Crippen LogP contribution < -0.4 is 5.32 Å². The number of aryl methyl sites for hydroxylation is 1. The fourth-order valence-electron chi connectivity index (χ4n) is 3.14. The van der Waals surface area contributed by atoms with E-state index in [1.54, 1.807) is 17.0 Å². The van der Waals surface area contributed by atoms with Crippen LogP contribution >= 0.6 is 11.6 Å². The maximum Gasteiger partial charge on any atom is 0.243 e. The predicted molar refractivity (Wildman–Crippen MR) is 119 cm³/mol. The first-order valence-corrected chi connectivity index (χ1v) is 10.4. The Morgan fingerprint density at radius 2 is 1.55 bits per heavy atom. The first-order chi connectivity index (χ1) is 13.6. The highest BCUT2D eigenvalue weighted by Gasteiger charge is 2.30. The first-order valence-electron chi connectivity index (χ1n) is 10.0. The predicted octanol–water partition coefficient (Wildman–Crippen LogP) is 4.91. The molecule has 0 saturated heterocycles. The van der Waals surface area contributed by atoms with Gasteiger partial charge in [-0.05, 0) is 57.4 Å². The van der Waals surface area contributed by atoms with E-state index in [4.69, 9.17) is 11.6 Å². The lowest BCUT2D eigenvalue weighted by molar-refractivity contribution is -0.141. The number of benzene rings is 2. The Morgan fingerprint density at radius 1 is 1.00 bits per heavy atom. The van der Waals surface area contributed by atoms with Gasteiger partial charge in [-0.25, -0.2) is 0 Å². The van der Waals surface area contributed by atoms with Gasteiger partial charge in [0.1, 0.15) is 6.04 Å². The second-order valence-electron chi connectivity index (χ2n) is 8.47. The van der Waals surface area contributed by atoms with Gasteiger partial charge in [-0.2, -0.15) is 0 Å². The molecule has 4 nitrogen and oxygen atoms in total. The highest BCUT2D eigenvalue weighted by Crippen LogP contribution is 2.17. The van der Waals surface area contributed by atoms with Crippen LogP contribution in [0.1, 0.15) is 50.8 Å². The summed E-state index contributed by atoms with van der Waals surface area (Å²) in [6, 6.07) is 14.8. The van der Waals surface area contributed by atoms with Gasteiger partial charge in [0.2, 0.25) is 11.8 Å². The summed E-state index contributed by atoms with van der Waals surface area (Å²) in [5, 5.41) is 3.65. The molecule has 2 rings (SSSR count). The van der Waals surface area contributed by atoms with Crippen LogP contribution in [0.4, 0.5) is 0 Å². The van der Waals surface area contributed by atoms with Gasteiger partial charge in [0.15, 0.2) is 0 Å². The van der Waals surface area contributed by atoms with Crippen LogP contribution in [0.5, 0.6) is 0 Å². The highest BCUT2D eigenvalue weighted by molar-refractivity contribution is 6.30. The molecule has 1 N–H and O–H groups in total. The van der Waals surface area contributed by atoms with E-state index >= 15 is 0 Å². The van der Waals surface area contributed by atoms with Crippen LogP contribution in [0.2, 0.25) is 5.02 Å². The van der Waals surface area contributed by atoms with Gasteiger partial charge in [-0.1, -0.05) is 60.5 Å². The zero-order valence-corrected chi connectivity index (χ0v) is 18.7. The summed E-state index contributed by atoms with van der Waals surface area (Å²) in [6.45, 7) is 10.2. The quantitative estimate of drug-likeness (QED) is 0.699. The molecule has 0 aliphatic heterocycles. The Bertz CT molecular complexity index is 823. The van der Waals surface area contributed by atoms with Gasteiger partial charge >= 0.3 is 0 Å². The van der Waals surface area contributed by atoms with E-state index < -0.39 is 6.04 Å². The molecule has 0 bridgehead atoms. The molecule has 156 valence electrons. The van der Waals surface area contributed by atoms with Crippen molar-refractivity contribution in [3.05, 3.63) is 70.2 Å². The van der Waals surface area contributed by atoms with Crippen molar-refractivity contribution in [1.82, 2.24) is 10.2 Å². The summed E-state index contributed by atoms with van der Waals surface area (Å²) in [6.07, 6.45) is 0.766. The molecule has 0 aromatic heterocycles. The van der Waals surface area contributed by atoms with Crippen LogP contribution in [-0.4, -0.2) is 28.3 Å². The summed E-state index contributed by atoms with van der Waals surface area (Å²) < 4.78 is 0. The van der Waals surface area contributed by atoms with E-state index in [1.165, 1.54) is 0 Å². The summed E-state index contributed by atoms with van der Waals surface area (Å²) >= 11 is 5.96. The molecule has 1 unspecified atom stereocenters. The lowest BCUT2D eigenvalue weighted by Gasteiger charge is -2.33. The van der Waals surface area contributed by atoms with E-state index in [-0.39, 0.29) is 23.8 Å². The number of nitrogens with one attached hydrogen (secondary N) is 1. The molecular weight excluding hydrogens is 384 g/mol. The van der Waals surface area contributed by atoms with E-state index in [0.717, 1.165) is 16.7 Å². The Kier molecular flexibility index (Phi) is 7.86. The van der Waals surface area contributed by atoms with Crippen molar-refractivity contribution < 1.29 is 9.59 Å². The second-order valence-corrected chi connectivity index (χ2v) is 8.91. The normalized spacial score (nSPS) is 12.3. The van der Waals surface area contributed by atoms with Gasteiger partial charge in [-0.15, -0.1) is 0 Å². The van der Waals surface area contributed by atoms with E-state index in [2.05, 4.69) is 5.32 Å². The molecule has 2 aromatic carbocycles. The lowest BCUT2D eigenvalue weighted by atomic mass is 10.0. The number of nitrogens with zero attached hydrogens (tertiary/aromatic N) is 1. The molecule has 0 spiro atoms. The molecule has 0 radical (unpaired) electrons. The number of hydrogen-bond acceptors (Lipinski definition) is 2. The monoisotopic (exact) mass is 414 g/mol. The van der Waals surface area contributed by atoms with Gasteiger partial charge < -0.3 is 10.2 Å². The number of carbonyl (C=O) groups excluding carboxylic acids is 2. The van der Waals surface area contributed by atoms with Crippen LogP contribution in [-0.2, 0) is 22.6 Å². The van der Waals surface area contributed by atoms with Crippen LogP contribution in [0.25, 0.3) is 0 Å². The molecule has 0 aliphatic carbocycles. The van der Waals surface area contributed by atoms with E-state index in [1.807, 2.05) is 71.0 Å². The number of halogens is 1. The third kappa shape index (κ3) is 7.21. The lowest BCUT2D eigenvalue weighted by Crippen LogP contribution is -2.53. The van der Waals surface area contributed by atoms with Gasteiger partial charge in [0.25, 0.3) is 0 Å². The molecular formula is C24H31ClN2O2. The molecule has 0 heterocycles. The molecule has 1 atom stereocenters. The molecule has 0 saturated carbocycles. The number of carbonyl (C=O) groups is 2. The van der Waals surface area contributed by atoms with Crippen molar-refractivity contribution in [2.45, 2.75) is 65.6 Å². The standard InChI is InChI=1S/C24H31ClN2O2/c1-6-21(23(29)26-24(3,4)5)27(16-19-9-7-17(2)8-10-19)22(28)15-18-11-13-20(25)14-12-18/h7-14,21H,6,15-16H2,1-5H3,(H,26,29). The Balaban J connectivity index is 2.29. The Morgan fingerprint density at radius 3 is 2.07 bits per heavy atom. The minimum atomic E-state index is -0.532. The van der Waals surface area contributed by atoms with Gasteiger partial charge in [0.05, 0.1) is 6.42 Å². The number of amides is 2. The van der Waals surface area contributed by atoms with Crippen molar-refractivity contribution in [3.63, 3.8) is 0 Å². The Labute approximate surface area is 179 Å². The average Bonchev–Trinajstić information content (AvgIpc) is 2.63. The van der Waals surface area contributed by atoms with Crippen LogP contribution in [0.3, 0.4) is 0 Å². The minimum Gasteiger partial charge on any atom is -0.350 e. The maximum atomic E-state index is 13.3. The molecule has 2 aromatic rings. The van der Waals surface area contributed by atoms with Crippen molar-refractivity contribution in [2.75, 3.05) is 0 Å². The summed E-state index contributed by atoms with van der Waals surface area (Å²) in [5.74, 6) is -0.208. The number of rotatable bonds is 7. The largest absolute Gasteiger partial charge is 0.350 e. The number of hydrogen-bond donors (Lipinski definition) is 1. The first kappa shape index (κ1) is 23.0. The third-order valence-electron chi connectivity index (χ3n) is 4.63. The van der Waals surface area contributed by atoms with Crippen molar-refractivity contribution in [1.29, 1.82) is 0 Å². The fourth-order valence-corrected chi connectivity index (χ4v) is 3.27. The Hall–Kier alpha value is -2.33. The third-order valence-corrected chi connectivity index (χ3v) is 4.88. The van der Waals surface area contributed by atoms with E-state index in [0.29, 0.717) is 18.0 Å². The van der Waals surface area contributed by atoms with Crippen LogP contribution in [0.15, 0.2) is 48.5 Å². The van der Waals surface area contributed by atoms with E-state index in [9.17, 15) is 9.59 Å². The van der Waals surface area contributed by atoms with Crippen LogP contribution in [0, 0.1) is 6.92 Å². The minimum absolute atomic E-state index is 0.0798. The van der Waals surface area contributed by atoms with Gasteiger partial charge in [0, 0.05) is 17.1 Å². The van der Waals surface area contributed by atoms with Gasteiger partial charge in [-0.3, -0.25) is 9.59 Å². The van der Waals surface area contributed by atoms with Crippen molar-refractivity contribution in [2.24, 2.45) is 0 Å². The summed E-state index contributed by atoms with van der Waals surface area (Å²) in [7, 11) is 0. The summed E-state index contributed by atoms with van der Waals surface area (Å²) in [5.41, 5.74) is 2.67.